The van der Waals surface area contributed by atoms with Gasteiger partial charge in [0.1, 0.15) is 11.6 Å². The summed E-state index contributed by atoms with van der Waals surface area (Å²) in [5.41, 5.74) is 2.91. The summed E-state index contributed by atoms with van der Waals surface area (Å²) in [4.78, 5) is 4.60. The van der Waals surface area contributed by atoms with Gasteiger partial charge in [0.05, 0.1) is 17.1 Å². The van der Waals surface area contributed by atoms with Crippen molar-refractivity contribution in [2.24, 2.45) is 0 Å². The number of benzene rings is 2. The van der Waals surface area contributed by atoms with Gasteiger partial charge in [0.2, 0.25) is 0 Å². The molecule has 0 saturated heterocycles. The van der Waals surface area contributed by atoms with Crippen LogP contribution in [0, 0.1) is 6.92 Å². The molecule has 0 saturated carbocycles. The first kappa shape index (κ1) is 14.7. The van der Waals surface area contributed by atoms with Crippen molar-refractivity contribution in [3.05, 3.63) is 59.1 Å². The highest BCUT2D eigenvalue weighted by molar-refractivity contribution is 6.35. The van der Waals surface area contributed by atoms with Gasteiger partial charge in [-0.1, -0.05) is 23.7 Å². The number of hydrogen-bond donors (Lipinski definition) is 1. The van der Waals surface area contributed by atoms with E-state index in [0.717, 1.165) is 33.7 Å². The normalized spacial score (nSPS) is 10.7. The van der Waals surface area contributed by atoms with Crippen molar-refractivity contribution in [1.82, 2.24) is 4.98 Å². The lowest BCUT2D eigenvalue weighted by Crippen LogP contribution is -1.97. The Bertz CT molecular complexity index is 817. The summed E-state index contributed by atoms with van der Waals surface area (Å²) in [6.45, 7) is 4.68. The summed E-state index contributed by atoms with van der Waals surface area (Å²) in [6.07, 6.45) is 0. The molecular weight excluding hydrogens is 296 g/mol. The fourth-order valence-electron chi connectivity index (χ4n) is 2.35. The summed E-state index contributed by atoms with van der Waals surface area (Å²) >= 11 is 6.21. The molecule has 0 bridgehead atoms. The fraction of sp³-hybridized carbons (Fsp3) is 0.167. The molecule has 3 rings (SSSR count). The van der Waals surface area contributed by atoms with Crippen molar-refractivity contribution in [2.45, 2.75) is 13.8 Å². The highest BCUT2D eigenvalue weighted by Crippen LogP contribution is 2.27. The molecule has 0 unspecified atom stereocenters. The molecule has 3 aromatic rings. The van der Waals surface area contributed by atoms with E-state index in [1.54, 1.807) is 0 Å². The molecule has 0 atom stereocenters. The van der Waals surface area contributed by atoms with Crippen LogP contribution >= 0.6 is 11.6 Å². The zero-order valence-corrected chi connectivity index (χ0v) is 13.3. The van der Waals surface area contributed by atoms with E-state index >= 15 is 0 Å². The zero-order valence-electron chi connectivity index (χ0n) is 12.6. The maximum Gasteiger partial charge on any atom is 0.131 e. The number of rotatable bonds is 4. The molecule has 0 aliphatic heterocycles. The van der Waals surface area contributed by atoms with E-state index in [4.69, 9.17) is 16.3 Å². The third-order valence-electron chi connectivity index (χ3n) is 3.44. The maximum atomic E-state index is 6.21. The Kier molecular flexibility index (Phi) is 4.16. The number of halogens is 1. The van der Waals surface area contributed by atoms with Gasteiger partial charge in [-0.15, -0.1) is 0 Å². The van der Waals surface area contributed by atoms with E-state index in [0.29, 0.717) is 11.6 Å². The van der Waals surface area contributed by atoms with Crippen molar-refractivity contribution in [1.29, 1.82) is 0 Å². The number of para-hydroxylation sites is 1. The minimum atomic E-state index is 0.657. The van der Waals surface area contributed by atoms with Crippen molar-refractivity contribution >= 4 is 34.0 Å². The van der Waals surface area contributed by atoms with Gasteiger partial charge in [0, 0.05) is 11.1 Å². The second kappa shape index (κ2) is 6.24. The third kappa shape index (κ3) is 3.00. The molecule has 1 heterocycles. The van der Waals surface area contributed by atoms with Crippen molar-refractivity contribution < 1.29 is 4.74 Å². The highest BCUT2D eigenvalue weighted by atomic mass is 35.5. The SMILES string of the molecule is CCOc1ccc(Nc2ccc3cccc(Cl)c3n2)c(C)c1. The van der Waals surface area contributed by atoms with E-state index in [1.807, 2.05) is 62.4 Å². The monoisotopic (exact) mass is 312 g/mol. The first-order valence-corrected chi connectivity index (χ1v) is 7.61. The summed E-state index contributed by atoms with van der Waals surface area (Å²) in [5.74, 6) is 1.65. The van der Waals surface area contributed by atoms with E-state index in [-0.39, 0.29) is 0 Å². The van der Waals surface area contributed by atoms with E-state index in [2.05, 4.69) is 10.3 Å². The minimum Gasteiger partial charge on any atom is -0.494 e. The van der Waals surface area contributed by atoms with Crippen LogP contribution in [0.2, 0.25) is 5.02 Å². The van der Waals surface area contributed by atoms with Gasteiger partial charge in [-0.3, -0.25) is 0 Å². The molecule has 112 valence electrons. The number of hydrogen-bond acceptors (Lipinski definition) is 3. The topological polar surface area (TPSA) is 34.1 Å². The number of nitrogens with zero attached hydrogens (tertiary/aromatic N) is 1. The summed E-state index contributed by atoms with van der Waals surface area (Å²) in [6, 6.07) is 15.7. The Morgan fingerprint density at radius 3 is 2.77 bits per heavy atom. The average molecular weight is 313 g/mol. The highest BCUT2D eigenvalue weighted by Gasteiger charge is 2.05. The van der Waals surface area contributed by atoms with E-state index < -0.39 is 0 Å². The van der Waals surface area contributed by atoms with Crippen molar-refractivity contribution in [3.8, 4) is 5.75 Å². The summed E-state index contributed by atoms with van der Waals surface area (Å²) < 4.78 is 5.50. The number of nitrogens with one attached hydrogen (secondary N) is 1. The Hall–Kier alpha value is -2.26. The van der Waals surface area contributed by atoms with Crippen LogP contribution in [0.15, 0.2) is 48.5 Å². The first-order valence-electron chi connectivity index (χ1n) is 7.23. The number of fused-ring (bicyclic) bond motifs is 1. The van der Waals surface area contributed by atoms with Gasteiger partial charge in [-0.2, -0.15) is 0 Å². The zero-order chi connectivity index (χ0) is 15.5. The van der Waals surface area contributed by atoms with E-state index in [1.165, 1.54) is 0 Å². The van der Waals surface area contributed by atoms with Crippen LogP contribution in [0.25, 0.3) is 10.9 Å². The molecule has 0 fully saturated rings. The van der Waals surface area contributed by atoms with Gasteiger partial charge in [0.25, 0.3) is 0 Å². The lowest BCUT2D eigenvalue weighted by molar-refractivity contribution is 0.340. The smallest absolute Gasteiger partial charge is 0.131 e. The molecule has 0 aliphatic carbocycles. The molecule has 1 aromatic heterocycles. The largest absolute Gasteiger partial charge is 0.494 e. The molecule has 0 aliphatic rings. The van der Waals surface area contributed by atoms with Crippen LogP contribution in [0.3, 0.4) is 0 Å². The molecule has 1 N–H and O–H groups in total. The van der Waals surface area contributed by atoms with Gasteiger partial charge in [0.15, 0.2) is 0 Å². The van der Waals surface area contributed by atoms with Crippen LogP contribution in [-0.4, -0.2) is 11.6 Å². The lowest BCUT2D eigenvalue weighted by Gasteiger charge is -2.12. The number of ether oxygens (including phenoxy) is 1. The Morgan fingerprint density at radius 1 is 1.14 bits per heavy atom. The van der Waals surface area contributed by atoms with Crippen LogP contribution in [0.1, 0.15) is 12.5 Å². The second-order valence-corrected chi connectivity index (χ2v) is 5.45. The number of aryl methyl sites for hydroxylation is 1. The molecule has 22 heavy (non-hydrogen) atoms. The summed E-state index contributed by atoms with van der Waals surface area (Å²) in [7, 11) is 0. The van der Waals surface area contributed by atoms with Gasteiger partial charge >= 0.3 is 0 Å². The van der Waals surface area contributed by atoms with Crippen LogP contribution in [0.5, 0.6) is 5.75 Å². The number of aromatic nitrogens is 1. The molecule has 0 spiro atoms. The Labute approximate surface area is 134 Å². The molecular formula is C18H17ClN2O. The standard InChI is InChI=1S/C18H17ClN2O/c1-3-22-14-8-9-16(12(2)11-14)20-17-10-7-13-5-4-6-15(19)18(13)21-17/h4-11H,3H2,1-2H3,(H,20,21). The molecule has 0 radical (unpaired) electrons. The number of anilines is 2. The van der Waals surface area contributed by atoms with E-state index in [9.17, 15) is 0 Å². The fourth-order valence-corrected chi connectivity index (χ4v) is 2.58. The second-order valence-electron chi connectivity index (χ2n) is 5.04. The van der Waals surface area contributed by atoms with Gasteiger partial charge in [-0.25, -0.2) is 4.98 Å². The quantitative estimate of drug-likeness (QED) is 0.706. The van der Waals surface area contributed by atoms with Gasteiger partial charge in [-0.05, 0) is 55.8 Å². The Morgan fingerprint density at radius 2 is 2.00 bits per heavy atom. The predicted molar refractivity (Wildman–Crippen MR) is 92.4 cm³/mol. The lowest BCUT2D eigenvalue weighted by atomic mass is 10.2. The average Bonchev–Trinajstić information content (AvgIpc) is 2.51. The van der Waals surface area contributed by atoms with Crippen LogP contribution in [-0.2, 0) is 0 Å². The molecule has 3 nitrogen and oxygen atoms in total. The first-order chi connectivity index (χ1) is 10.7. The van der Waals surface area contributed by atoms with Crippen LogP contribution < -0.4 is 10.1 Å². The van der Waals surface area contributed by atoms with Crippen LogP contribution in [0.4, 0.5) is 11.5 Å². The summed E-state index contributed by atoms with van der Waals surface area (Å²) in [5, 5.41) is 5.02. The predicted octanol–water partition coefficient (Wildman–Crippen LogP) is 5.34. The molecule has 2 aromatic carbocycles. The Balaban J connectivity index is 1.91. The van der Waals surface area contributed by atoms with Gasteiger partial charge < -0.3 is 10.1 Å². The third-order valence-corrected chi connectivity index (χ3v) is 3.75. The van der Waals surface area contributed by atoms with Crippen molar-refractivity contribution in [2.75, 3.05) is 11.9 Å². The molecule has 0 amide bonds. The minimum absolute atomic E-state index is 0.657. The van der Waals surface area contributed by atoms with Crippen molar-refractivity contribution in [3.63, 3.8) is 0 Å². The molecule has 4 heteroatoms. The maximum absolute atomic E-state index is 6.21. The number of pyridine rings is 1.